The van der Waals surface area contributed by atoms with Crippen LogP contribution in [0.2, 0.25) is 0 Å². The number of rotatable bonds is 5. The van der Waals surface area contributed by atoms with Gasteiger partial charge < -0.3 is 0 Å². The topological polar surface area (TPSA) is 20.3 Å². The fraction of sp³-hybridized carbons (Fsp3) is 1.00. The monoisotopic (exact) mass is 281 g/mol. The SMILES string of the molecule is CC(C)SN(SC(C)C)P(=O)(Cl)Cl. The highest BCUT2D eigenvalue weighted by Crippen LogP contribution is 2.66. The summed E-state index contributed by atoms with van der Waals surface area (Å²) in [5.74, 6) is -3.18. The van der Waals surface area contributed by atoms with Gasteiger partial charge in [-0.1, -0.05) is 51.6 Å². The van der Waals surface area contributed by atoms with Gasteiger partial charge in [0.15, 0.2) is 0 Å². The molecule has 0 aliphatic rings. The van der Waals surface area contributed by atoms with Gasteiger partial charge in [0.05, 0.1) is 0 Å². The normalized spacial score (nSPS) is 13.3. The summed E-state index contributed by atoms with van der Waals surface area (Å²) in [6, 6.07) is 0. The van der Waals surface area contributed by atoms with Crippen LogP contribution >= 0.6 is 52.4 Å². The fourth-order valence-corrected chi connectivity index (χ4v) is 5.74. The molecule has 0 N–H and O–H groups in total. The highest BCUT2D eigenvalue weighted by molar-refractivity contribution is 8.27. The van der Waals surface area contributed by atoms with Gasteiger partial charge in [0, 0.05) is 10.5 Å². The van der Waals surface area contributed by atoms with Crippen LogP contribution in [0, 0.1) is 0 Å². The van der Waals surface area contributed by atoms with E-state index >= 15 is 0 Å². The molecule has 0 aromatic heterocycles. The van der Waals surface area contributed by atoms with Crippen molar-refractivity contribution in [1.82, 2.24) is 3.48 Å². The molecule has 0 amide bonds. The molecule has 0 fully saturated rings. The van der Waals surface area contributed by atoms with Gasteiger partial charge in [0.25, 0.3) is 0 Å². The molecule has 0 aromatic carbocycles. The maximum Gasteiger partial charge on any atom is 0.341 e. The molecular weight excluding hydrogens is 268 g/mol. The number of nitrogens with zero attached hydrogens (tertiary/aromatic N) is 1. The van der Waals surface area contributed by atoms with Crippen molar-refractivity contribution in [2.75, 3.05) is 0 Å². The second-order valence-electron chi connectivity index (χ2n) is 2.98. The maximum absolute atomic E-state index is 11.4. The van der Waals surface area contributed by atoms with Gasteiger partial charge in [0.2, 0.25) is 0 Å². The molecule has 0 aromatic rings. The average Bonchev–Trinajstić information content (AvgIpc) is 1.81. The predicted octanol–water partition coefficient (Wildman–Crippen LogP) is 4.99. The van der Waals surface area contributed by atoms with Crippen molar-refractivity contribution < 1.29 is 4.57 Å². The van der Waals surface area contributed by atoms with Crippen molar-refractivity contribution in [2.45, 2.75) is 38.2 Å². The minimum Gasteiger partial charge on any atom is -0.269 e. The maximum atomic E-state index is 11.4. The van der Waals surface area contributed by atoms with Gasteiger partial charge >= 0.3 is 6.00 Å². The molecule has 0 unspecified atom stereocenters. The Balaban J connectivity index is 4.29. The summed E-state index contributed by atoms with van der Waals surface area (Å²) in [4.78, 5) is 0. The molecule has 13 heavy (non-hydrogen) atoms. The summed E-state index contributed by atoms with van der Waals surface area (Å²) >= 11 is 14.0. The quantitative estimate of drug-likeness (QED) is 0.523. The first-order valence-electron chi connectivity index (χ1n) is 3.87. The number of hydrogen-bond donors (Lipinski definition) is 0. The first-order valence-corrected chi connectivity index (χ1v) is 9.01. The van der Waals surface area contributed by atoms with Crippen molar-refractivity contribution in [2.24, 2.45) is 0 Å². The number of hydrogen-bond acceptors (Lipinski definition) is 3. The lowest BCUT2D eigenvalue weighted by atomic mass is 10.6. The Bertz CT molecular complexity index is 187. The molecule has 7 heteroatoms. The van der Waals surface area contributed by atoms with E-state index in [9.17, 15) is 4.57 Å². The summed E-state index contributed by atoms with van der Waals surface area (Å²) in [5, 5.41) is 0.633. The molecule has 0 bridgehead atoms. The highest BCUT2D eigenvalue weighted by Gasteiger charge is 2.28. The predicted molar refractivity (Wildman–Crippen MR) is 66.6 cm³/mol. The van der Waals surface area contributed by atoms with Crippen molar-refractivity contribution in [3.05, 3.63) is 0 Å². The summed E-state index contributed by atoms with van der Waals surface area (Å²) in [6.45, 7) is 8.01. The Hall–Kier alpha value is 1.47. The third-order valence-electron chi connectivity index (χ3n) is 0.792. The Morgan fingerprint density at radius 1 is 1.08 bits per heavy atom. The molecule has 80 valence electrons. The molecule has 2 nitrogen and oxygen atoms in total. The molecule has 0 radical (unpaired) electrons. The molecule has 0 saturated carbocycles. The second-order valence-corrected chi connectivity index (χ2v) is 11.3. The van der Waals surface area contributed by atoms with E-state index in [0.29, 0.717) is 10.5 Å². The van der Waals surface area contributed by atoms with E-state index in [4.69, 9.17) is 22.5 Å². The summed E-state index contributed by atoms with van der Waals surface area (Å²) in [5.41, 5.74) is 0. The van der Waals surface area contributed by atoms with E-state index in [-0.39, 0.29) is 0 Å². The van der Waals surface area contributed by atoms with Gasteiger partial charge in [0.1, 0.15) is 0 Å². The first-order chi connectivity index (χ1) is 5.73. The lowest BCUT2D eigenvalue weighted by molar-refractivity contribution is 0.584. The van der Waals surface area contributed by atoms with Crippen molar-refractivity contribution in [1.29, 1.82) is 0 Å². The van der Waals surface area contributed by atoms with Crippen molar-refractivity contribution in [3.8, 4) is 0 Å². The van der Waals surface area contributed by atoms with Gasteiger partial charge in [-0.2, -0.15) is 0 Å². The fourth-order valence-electron chi connectivity index (χ4n) is 0.495. The third-order valence-corrected chi connectivity index (χ3v) is 6.82. The summed E-state index contributed by atoms with van der Waals surface area (Å²) in [7, 11) is 0. The van der Waals surface area contributed by atoms with E-state index in [1.165, 1.54) is 27.4 Å². The molecule has 0 heterocycles. The molecule has 0 rings (SSSR count). The van der Waals surface area contributed by atoms with E-state index in [0.717, 1.165) is 0 Å². The van der Waals surface area contributed by atoms with Gasteiger partial charge in [-0.05, 0) is 22.5 Å². The van der Waals surface area contributed by atoms with Crippen LogP contribution in [0.5, 0.6) is 0 Å². The molecular formula is C6H14Cl2NOPS2. The second kappa shape index (κ2) is 6.14. The lowest BCUT2D eigenvalue weighted by Crippen LogP contribution is -2.05. The largest absolute Gasteiger partial charge is 0.341 e. The molecule has 0 saturated heterocycles. The molecule has 0 aliphatic carbocycles. The van der Waals surface area contributed by atoms with Gasteiger partial charge in [-0.25, -0.2) is 0 Å². The summed E-state index contributed by atoms with van der Waals surface area (Å²) in [6.07, 6.45) is 0. The Labute approximate surface area is 98.4 Å². The zero-order valence-electron chi connectivity index (χ0n) is 8.03. The van der Waals surface area contributed by atoms with Gasteiger partial charge in [-0.3, -0.25) is 4.57 Å². The van der Waals surface area contributed by atoms with Crippen molar-refractivity contribution >= 4 is 52.4 Å². The minimum atomic E-state index is -3.18. The lowest BCUT2D eigenvalue weighted by Gasteiger charge is -2.23. The Morgan fingerprint density at radius 2 is 1.38 bits per heavy atom. The number of halogens is 2. The minimum absolute atomic E-state index is 0.317. The van der Waals surface area contributed by atoms with Crippen LogP contribution in [0.25, 0.3) is 0 Å². The van der Waals surface area contributed by atoms with Crippen LogP contribution in [-0.2, 0) is 4.57 Å². The van der Waals surface area contributed by atoms with Crippen LogP contribution in [0.3, 0.4) is 0 Å². The third kappa shape index (κ3) is 7.40. The standard InChI is InChI=1S/C6H14Cl2NOPS2/c1-5(2)12-9(11(7,8)10)13-6(3)4/h5-6H,1-4H3. The molecule has 0 spiro atoms. The van der Waals surface area contributed by atoms with E-state index in [1.54, 1.807) is 0 Å². The van der Waals surface area contributed by atoms with Crippen LogP contribution in [0.1, 0.15) is 27.7 Å². The Kier molecular flexibility index (Phi) is 6.83. The van der Waals surface area contributed by atoms with E-state index < -0.39 is 6.00 Å². The highest BCUT2D eigenvalue weighted by atomic mass is 35.9. The molecule has 0 aliphatic heterocycles. The van der Waals surface area contributed by atoms with Crippen LogP contribution < -0.4 is 0 Å². The first kappa shape index (κ1) is 14.5. The van der Waals surface area contributed by atoms with E-state index in [1.807, 2.05) is 27.7 Å². The van der Waals surface area contributed by atoms with E-state index in [2.05, 4.69) is 0 Å². The smallest absolute Gasteiger partial charge is 0.269 e. The van der Waals surface area contributed by atoms with Gasteiger partial charge in [-0.15, -0.1) is 3.48 Å². The zero-order chi connectivity index (χ0) is 10.6. The Morgan fingerprint density at radius 3 is 1.54 bits per heavy atom. The van der Waals surface area contributed by atoms with Crippen LogP contribution in [0.15, 0.2) is 0 Å². The van der Waals surface area contributed by atoms with Crippen molar-refractivity contribution in [3.63, 3.8) is 0 Å². The van der Waals surface area contributed by atoms with Crippen LogP contribution in [-0.4, -0.2) is 14.0 Å². The summed E-state index contributed by atoms with van der Waals surface area (Å²) < 4.78 is 12.9. The molecule has 0 atom stereocenters. The van der Waals surface area contributed by atoms with Crippen LogP contribution in [0.4, 0.5) is 0 Å². The zero-order valence-corrected chi connectivity index (χ0v) is 12.1. The average molecular weight is 282 g/mol.